The van der Waals surface area contributed by atoms with Crippen molar-refractivity contribution in [2.45, 2.75) is 37.3 Å². The number of fused-ring (bicyclic) bond motifs is 4. The maximum Gasteiger partial charge on any atom is 0.407 e. The van der Waals surface area contributed by atoms with Crippen LogP contribution in [0, 0.1) is 11.3 Å². The van der Waals surface area contributed by atoms with Crippen LogP contribution < -0.4 is 5.32 Å². The van der Waals surface area contributed by atoms with E-state index >= 15 is 0 Å². The first-order chi connectivity index (χ1) is 17.0. The number of benzene rings is 2. The minimum Gasteiger partial charge on any atom is -0.480 e. The van der Waals surface area contributed by atoms with Gasteiger partial charge in [0, 0.05) is 18.5 Å². The Balaban J connectivity index is 1.07. The third-order valence-corrected chi connectivity index (χ3v) is 8.18. The van der Waals surface area contributed by atoms with Gasteiger partial charge in [-0.05, 0) is 47.4 Å². The van der Waals surface area contributed by atoms with Crippen molar-refractivity contribution in [1.29, 1.82) is 0 Å². The molecule has 182 valence electrons. The number of ether oxygens (including phenoxy) is 2. The normalized spacial score (nSPS) is 28.6. The number of carbonyl (C=O) groups excluding carboxylic acids is 2. The van der Waals surface area contributed by atoms with Crippen molar-refractivity contribution in [3.63, 3.8) is 0 Å². The topological polar surface area (TPSA) is 105 Å². The van der Waals surface area contributed by atoms with E-state index in [2.05, 4.69) is 29.6 Å². The average molecular weight is 477 g/mol. The lowest BCUT2D eigenvalue weighted by molar-refractivity contribution is -0.161. The highest BCUT2D eigenvalue weighted by Crippen LogP contribution is 2.64. The number of amides is 2. The Kier molecular flexibility index (Phi) is 5.29. The Morgan fingerprint density at radius 1 is 1.06 bits per heavy atom. The minimum absolute atomic E-state index is 0.00711. The van der Waals surface area contributed by atoms with Gasteiger partial charge in [0.2, 0.25) is 5.91 Å². The number of nitrogens with zero attached hydrogens (tertiary/aromatic N) is 1. The van der Waals surface area contributed by atoms with Crippen LogP contribution in [0.3, 0.4) is 0 Å². The van der Waals surface area contributed by atoms with E-state index in [0.29, 0.717) is 19.4 Å². The van der Waals surface area contributed by atoms with E-state index in [4.69, 9.17) is 9.47 Å². The number of carboxylic acid groups (broad SMARTS) is 1. The number of nitrogens with one attached hydrogen (secondary N) is 1. The summed E-state index contributed by atoms with van der Waals surface area (Å²) in [6.07, 6.45) is 1.50. The van der Waals surface area contributed by atoms with Crippen LogP contribution in [0.2, 0.25) is 0 Å². The Morgan fingerprint density at radius 3 is 2.43 bits per heavy atom. The molecule has 1 aliphatic heterocycles. The highest BCUT2D eigenvalue weighted by molar-refractivity contribution is 5.91. The number of hydrogen-bond donors (Lipinski definition) is 2. The Bertz CT molecular complexity index is 1150. The van der Waals surface area contributed by atoms with E-state index in [-0.39, 0.29) is 43.5 Å². The summed E-state index contributed by atoms with van der Waals surface area (Å²) in [5.74, 6) is -0.994. The SMILES string of the molecule is O=C(N[C@@H]1C[C@H]2C[C@@]2(C(=O)N2CCOCC2C(=O)O)C1)OCC1c2ccccc2-c2ccccc21. The van der Waals surface area contributed by atoms with Crippen molar-refractivity contribution in [3.05, 3.63) is 59.7 Å². The molecule has 2 aromatic rings. The molecule has 2 aromatic carbocycles. The zero-order chi connectivity index (χ0) is 24.2. The fraction of sp³-hybridized carbons (Fsp3) is 0.444. The highest BCUT2D eigenvalue weighted by Gasteiger charge is 2.66. The van der Waals surface area contributed by atoms with Gasteiger partial charge in [-0.3, -0.25) is 4.79 Å². The van der Waals surface area contributed by atoms with Crippen molar-refractivity contribution in [1.82, 2.24) is 10.2 Å². The van der Waals surface area contributed by atoms with Gasteiger partial charge in [0.1, 0.15) is 6.61 Å². The van der Waals surface area contributed by atoms with E-state index in [1.54, 1.807) is 0 Å². The summed E-state index contributed by atoms with van der Waals surface area (Å²) in [7, 11) is 0. The number of rotatable bonds is 5. The zero-order valence-corrected chi connectivity index (χ0v) is 19.3. The number of carboxylic acids is 1. The summed E-state index contributed by atoms with van der Waals surface area (Å²) < 4.78 is 10.9. The second-order valence-electron chi connectivity index (χ2n) is 10.1. The Morgan fingerprint density at radius 2 is 1.74 bits per heavy atom. The summed E-state index contributed by atoms with van der Waals surface area (Å²) >= 11 is 0. The van der Waals surface area contributed by atoms with Crippen LogP contribution in [0.1, 0.15) is 36.3 Å². The van der Waals surface area contributed by atoms with Crippen molar-refractivity contribution in [3.8, 4) is 11.1 Å². The van der Waals surface area contributed by atoms with Crippen LogP contribution in [-0.2, 0) is 19.1 Å². The molecule has 0 spiro atoms. The second kappa shape index (κ2) is 8.37. The number of aliphatic carboxylic acids is 1. The fourth-order valence-electron chi connectivity index (χ4n) is 6.41. The van der Waals surface area contributed by atoms with Gasteiger partial charge in [-0.2, -0.15) is 0 Å². The summed E-state index contributed by atoms with van der Waals surface area (Å²) in [5, 5.41) is 12.4. The quantitative estimate of drug-likeness (QED) is 0.688. The molecule has 2 saturated carbocycles. The molecule has 1 heterocycles. The lowest BCUT2D eigenvalue weighted by Crippen LogP contribution is -2.55. The molecule has 4 aliphatic rings. The van der Waals surface area contributed by atoms with Gasteiger partial charge >= 0.3 is 12.1 Å². The molecule has 8 nitrogen and oxygen atoms in total. The van der Waals surface area contributed by atoms with E-state index in [0.717, 1.165) is 17.5 Å². The number of alkyl carbamates (subject to hydrolysis) is 1. The van der Waals surface area contributed by atoms with Crippen LogP contribution in [0.15, 0.2) is 48.5 Å². The number of carbonyl (C=O) groups is 3. The summed E-state index contributed by atoms with van der Waals surface area (Å²) in [4.78, 5) is 39.1. The predicted molar refractivity (Wildman–Crippen MR) is 126 cm³/mol. The van der Waals surface area contributed by atoms with E-state index in [1.165, 1.54) is 16.0 Å². The first-order valence-corrected chi connectivity index (χ1v) is 12.2. The zero-order valence-electron chi connectivity index (χ0n) is 19.3. The van der Waals surface area contributed by atoms with Crippen LogP contribution in [0.5, 0.6) is 0 Å². The van der Waals surface area contributed by atoms with E-state index in [9.17, 15) is 19.5 Å². The molecule has 3 fully saturated rings. The smallest absolute Gasteiger partial charge is 0.407 e. The molecule has 8 heteroatoms. The van der Waals surface area contributed by atoms with Crippen LogP contribution in [-0.4, -0.2) is 66.4 Å². The molecule has 35 heavy (non-hydrogen) atoms. The fourth-order valence-corrected chi connectivity index (χ4v) is 6.41. The largest absolute Gasteiger partial charge is 0.480 e. The standard InChI is InChI=1S/C27H28N2O6/c30-24(31)23-15-34-10-9-29(23)25(32)27-12-16(27)11-17(13-27)28-26(33)35-14-22-20-7-3-1-5-18(20)19-6-2-4-8-21(19)22/h1-8,16-17,22-23H,9-15H2,(H,28,33)(H,30,31)/t16-,17+,23?,27+/m0/s1. The lowest BCUT2D eigenvalue weighted by atomic mass is 9.98. The van der Waals surface area contributed by atoms with Crippen molar-refractivity contribution in [2.75, 3.05) is 26.4 Å². The maximum absolute atomic E-state index is 13.3. The first-order valence-electron chi connectivity index (χ1n) is 12.2. The van der Waals surface area contributed by atoms with Crippen LogP contribution >= 0.6 is 0 Å². The van der Waals surface area contributed by atoms with E-state index < -0.39 is 23.5 Å². The van der Waals surface area contributed by atoms with Gasteiger partial charge < -0.3 is 24.8 Å². The molecule has 0 radical (unpaired) electrons. The maximum atomic E-state index is 13.3. The minimum atomic E-state index is -1.04. The molecule has 0 bridgehead atoms. The average Bonchev–Trinajstić information content (AvgIpc) is 3.30. The molecule has 2 amide bonds. The molecular formula is C27H28N2O6. The van der Waals surface area contributed by atoms with Gasteiger partial charge in [-0.1, -0.05) is 48.5 Å². The molecule has 2 N–H and O–H groups in total. The van der Waals surface area contributed by atoms with Crippen LogP contribution in [0.4, 0.5) is 4.79 Å². The predicted octanol–water partition coefficient (Wildman–Crippen LogP) is 3.01. The van der Waals surface area contributed by atoms with Crippen LogP contribution in [0.25, 0.3) is 11.1 Å². The first kappa shape index (κ1) is 22.1. The molecule has 3 aliphatic carbocycles. The monoisotopic (exact) mass is 476 g/mol. The summed E-state index contributed by atoms with van der Waals surface area (Å²) in [5.41, 5.74) is 4.11. The highest BCUT2D eigenvalue weighted by atomic mass is 16.5. The number of hydrogen-bond acceptors (Lipinski definition) is 5. The van der Waals surface area contributed by atoms with Crippen molar-refractivity contribution in [2.24, 2.45) is 11.3 Å². The lowest BCUT2D eigenvalue weighted by Gasteiger charge is -2.35. The molecule has 1 unspecified atom stereocenters. The second-order valence-corrected chi connectivity index (χ2v) is 10.1. The molecule has 0 aromatic heterocycles. The summed E-state index contributed by atoms with van der Waals surface area (Å²) in [6, 6.07) is 15.3. The van der Waals surface area contributed by atoms with Crippen molar-refractivity contribution < 1.29 is 29.0 Å². The number of morpholine rings is 1. The molecule has 6 rings (SSSR count). The van der Waals surface area contributed by atoms with Gasteiger partial charge in [0.05, 0.1) is 18.6 Å². The summed E-state index contributed by atoms with van der Waals surface area (Å²) in [6.45, 7) is 0.893. The van der Waals surface area contributed by atoms with Gasteiger partial charge in [-0.25, -0.2) is 9.59 Å². The third-order valence-electron chi connectivity index (χ3n) is 8.18. The van der Waals surface area contributed by atoms with Gasteiger partial charge in [-0.15, -0.1) is 0 Å². The molecule has 4 atom stereocenters. The third kappa shape index (κ3) is 3.67. The molecule has 1 saturated heterocycles. The Labute approximate surface area is 203 Å². The Hall–Kier alpha value is -3.39. The van der Waals surface area contributed by atoms with Gasteiger partial charge in [0.25, 0.3) is 0 Å². The molecular weight excluding hydrogens is 448 g/mol. The van der Waals surface area contributed by atoms with Gasteiger partial charge in [0.15, 0.2) is 6.04 Å². The van der Waals surface area contributed by atoms with Crippen molar-refractivity contribution >= 4 is 18.0 Å². The van der Waals surface area contributed by atoms with E-state index in [1.807, 2.05) is 24.3 Å².